The Balaban J connectivity index is 0. The molecule has 1 saturated heterocycles. The number of amides is 2. The van der Waals surface area contributed by atoms with Gasteiger partial charge in [-0.25, -0.2) is 0 Å². The Hall–Kier alpha value is -0.560. The molecule has 0 saturated carbocycles. The van der Waals surface area contributed by atoms with Crippen LogP contribution in [0.1, 0.15) is 19.8 Å². The third-order valence-corrected chi connectivity index (χ3v) is 2.95. The molecule has 0 aliphatic carbocycles. The topological polar surface area (TPSA) is 87.5 Å². The molecule has 19 heavy (non-hydrogen) atoms. The first-order valence-corrected chi connectivity index (χ1v) is 6.14. The molecule has 114 valence electrons. The summed E-state index contributed by atoms with van der Waals surface area (Å²) in [4.78, 5) is 24.7. The van der Waals surface area contributed by atoms with Crippen LogP contribution < -0.4 is 16.4 Å². The minimum atomic E-state index is -0.307. The molecule has 1 aliphatic heterocycles. The highest BCUT2D eigenvalue weighted by Crippen LogP contribution is 2.09. The maximum Gasteiger partial charge on any atom is 0.239 e. The van der Waals surface area contributed by atoms with E-state index < -0.39 is 0 Å². The quantitative estimate of drug-likeness (QED) is 0.639. The summed E-state index contributed by atoms with van der Waals surface area (Å²) in [7, 11) is 0. The van der Waals surface area contributed by atoms with Crippen molar-refractivity contribution in [3.63, 3.8) is 0 Å². The molecular formula is C11H24Cl2N4O2. The molecule has 0 aromatic heterocycles. The lowest BCUT2D eigenvalue weighted by atomic mass is 10.1. The van der Waals surface area contributed by atoms with Crippen LogP contribution in [0.5, 0.6) is 0 Å². The third-order valence-electron chi connectivity index (χ3n) is 2.95. The second kappa shape index (κ2) is 11.3. The molecule has 1 fully saturated rings. The molecule has 1 unspecified atom stereocenters. The number of hydrogen-bond donors (Lipinski definition) is 3. The highest BCUT2D eigenvalue weighted by Gasteiger charge is 2.20. The molecule has 0 bridgehead atoms. The van der Waals surface area contributed by atoms with Crippen molar-refractivity contribution in [2.75, 3.05) is 32.7 Å². The first-order chi connectivity index (χ1) is 8.15. The van der Waals surface area contributed by atoms with Crippen LogP contribution in [0.15, 0.2) is 0 Å². The molecule has 0 aromatic rings. The van der Waals surface area contributed by atoms with Gasteiger partial charge in [0.1, 0.15) is 0 Å². The zero-order valence-electron chi connectivity index (χ0n) is 11.2. The molecule has 0 spiro atoms. The second-order valence-corrected chi connectivity index (χ2v) is 4.28. The van der Waals surface area contributed by atoms with Crippen molar-refractivity contribution >= 4 is 36.6 Å². The maximum atomic E-state index is 11.5. The van der Waals surface area contributed by atoms with Gasteiger partial charge in [-0.2, -0.15) is 0 Å². The number of likely N-dealkylation sites (tertiary alicyclic amines) is 1. The number of nitrogens with one attached hydrogen (secondary N) is 2. The van der Waals surface area contributed by atoms with Gasteiger partial charge in [0.2, 0.25) is 11.8 Å². The van der Waals surface area contributed by atoms with Gasteiger partial charge in [-0.3, -0.25) is 9.59 Å². The fourth-order valence-electron chi connectivity index (χ4n) is 1.99. The minimum Gasteiger partial charge on any atom is -0.351 e. The van der Waals surface area contributed by atoms with Gasteiger partial charge in [-0.15, -0.1) is 24.8 Å². The number of hydrogen-bond acceptors (Lipinski definition) is 4. The van der Waals surface area contributed by atoms with E-state index in [1.165, 1.54) is 0 Å². The van der Waals surface area contributed by atoms with Crippen molar-refractivity contribution in [3.8, 4) is 0 Å². The highest BCUT2D eigenvalue weighted by molar-refractivity contribution is 5.86. The standard InChI is InChI=1S/C11H22N4O2.2ClH/c1-2-15-5-3-4-9(8-15)14-11(17)7-13-10(16)6-12;;/h9H,2-8,12H2,1H3,(H,13,16)(H,14,17);2*1H. The van der Waals surface area contributed by atoms with Crippen molar-refractivity contribution in [1.29, 1.82) is 0 Å². The molecule has 0 aromatic carbocycles. The monoisotopic (exact) mass is 314 g/mol. The summed E-state index contributed by atoms with van der Waals surface area (Å²) in [5.74, 6) is -0.450. The summed E-state index contributed by atoms with van der Waals surface area (Å²) in [6.07, 6.45) is 2.11. The van der Waals surface area contributed by atoms with Gasteiger partial charge in [-0.1, -0.05) is 6.92 Å². The summed E-state index contributed by atoms with van der Waals surface area (Å²) in [6.45, 7) is 5.06. The van der Waals surface area contributed by atoms with E-state index in [-0.39, 0.29) is 55.8 Å². The molecule has 1 rings (SSSR count). The van der Waals surface area contributed by atoms with Crippen LogP contribution in [0, 0.1) is 0 Å². The minimum absolute atomic E-state index is 0. The zero-order valence-corrected chi connectivity index (χ0v) is 12.8. The molecule has 1 aliphatic rings. The molecule has 2 amide bonds. The van der Waals surface area contributed by atoms with Gasteiger partial charge in [0.15, 0.2) is 0 Å². The fourth-order valence-corrected chi connectivity index (χ4v) is 1.99. The van der Waals surface area contributed by atoms with Gasteiger partial charge in [0.25, 0.3) is 0 Å². The molecular weight excluding hydrogens is 291 g/mol. The maximum absolute atomic E-state index is 11.5. The number of halogens is 2. The van der Waals surface area contributed by atoms with Crippen LogP contribution in [-0.2, 0) is 9.59 Å². The van der Waals surface area contributed by atoms with Gasteiger partial charge >= 0.3 is 0 Å². The predicted octanol–water partition coefficient (Wildman–Crippen LogP) is -0.495. The summed E-state index contributed by atoms with van der Waals surface area (Å²) >= 11 is 0. The number of rotatable bonds is 5. The summed E-state index contributed by atoms with van der Waals surface area (Å²) < 4.78 is 0. The lowest BCUT2D eigenvalue weighted by Gasteiger charge is -2.32. The Kier molecular flexibility index (Phi) is 12.3. The van der Waals surface area contributed by atoms with Gasteiger partial charge in [0, 0.05) is 12.6 Å². The third kappa shape index (κ3) is 8.26. The number of likely N-dealkylation sites (N-methyl/N-ethyl adjacent to an activating group) is 1. The lowest BCUT2D eigenvalue weighted by Crippen LogP contribution is -2.50. The van der Waals surface area contributed by atoms with E-state index in [1.54, 1.807) is 0 Å². The predicted molar refractivity (Wildman–Crippen MR) is 79.8 cm³/mol. The van der Waals surface area contributed by atoms with Crippen molar-refractivity contribution in [2.45, 2.75) is 25.8 Å². The van der Waals surface area contributed by atoms with Crippen LogP contribution in [0.25, 0.3) is 0 Å². The number of piperidine rings is 1. The summed E-state index contributed by atoms with van der Waals surface area (Å²) in [6, 6.07) is 0.200. The van der Waals surface area contributed by atoms with Crippen LogP contribution in [0.2, 0.25) is 0 Å². The molecule has 0 radical (unpaired) electrons. The van der Waals surface area contributed by atoms with E-state index in [4.69, 9.17) is 5.73 Å². The largest absolute Gasteiger partial charge is 0.351 e. The van der Waals surface area contributed by atoms with Crippen molar-refractivity contribution in [3.05, 3.63) is 0 Å². The van der Waals surface area contributed by atoms with Crippen LogP contribution in [-0.4, -0.2) is 55.5 Å². The van der Waals surface area contributed by atoms with Crippen LogP contribution >= 0.6 is 24.8 Å². The Morgan fingerprint density at radius 1 is 1.32 bits per heavy atom. The number of nitrogens with zero attached hydrogens (tertiary/aromatic N) is 1. The van der Waals surface area contributed by atoms with E-state index in [9.17, 15) is 9.59 Å². The molecule has 4 N–H and O–H groups in total. The van der Waals surface area contributed by atoms with Gasteiger partial charge < -0.3 is 21.3 Å². The normalized spacial score (nSPS) is 18.7. The molecule has 8 heteroatoms. The molecule has 1 heterocycles. The first-order valence-electron chi connectivity index (χ1n) is 6.14. The molecule has 6 nitrogen and oxygen atoms in total. The zero-order chi connectivity index (χ0) is 12.7. The van der Waals surface area contributed by atoms with Gasteiger partial charge in [-0.05, 0) is 25.9 Å². The summed E-state index contributed by atoms with van der Waals surface area (Å²) in [5, 5.41) is 5.38. The van der Waals surface area contributed by atoms with Crippen molar-refractivity contribution < 1.29 is 9.59 Å². The number of carbonyl (C=O) groups is 2. The average Bonchev–Trinajstić information content (AvgIpc) is 2.36. The van der Waals surface area contributed by atoms with E-state index in [1.807, 2.05) is 0 Å². The van der Waals surface area contributed by atoms with E-state index in [0.29, 0.717) is 0 Å². The first kappa shape index (κ1) is 20.8. The number of carbonyl (C=O) groups excluding carboxylic acids is 2. The van der Waals surface area contributed by atoms with Crippen LogP contribution in [0.3, 0.4) is 0 Å². The molecule has 1 atom stereocenters. The Morgan fingerprint density at radius 2 is 2.00 bits per heavy atom. The van der Waals surface area contributed by atoms with Crippen LogP contribution in [0.4, 0.5) is 0 Å². The second-order valence-electron chi connectivity index (χ2n) is 4.28. The number of nitrogens with two attached hydrogens (primary N) is 1. The Labute approximate surface area is 126 Å². The van der Waals surface area contributed by atoms with Gasteiger partial charge in [0.05, 0.1) is 13.1 Å². The van der Waals surface area contributed by atoms with Crippen molar-refractivity contribution in [1.82, 2.24) is 15.5 Å². The van der Waals surface area contributed by atoms with E-state index in [2.05, 4.69) is 22.5 Å². The van der Waals surface area contributed by atoms with Crippen molar-refractivity contribution in [2.24, 2.45) is 5.73 Å². The summed E-state index contributed by atoms with van der Waals surface area (Å²) in [5.41, 5.74) is 5.13. The SMILES string of the molecule is CCN1CCCC(NC(=O)CNC(=O)CN)C1.Cl.Cl. The Morgan fingerprint density at radius 3 is 2.58 bits per heavy atom. The Bertz CT molecular complexity index is 279. The highest BCUT2D eigenvalue weighted by atomic mass is 35.5. The average molecular weight is 315 g/mol. The van der Waals surface area contributed by atoms with E-state index >= 15 is 0 Å². The fraction of sp³-hybridized carbons (Fsp3) is 0.818. The smallest absolute Gasteiger partial charge is 0.239 e. The lowest BCUT2D eigenvalue weighted by molar-refractivity contribution is -0.126. The van der Waals surface area contributed by atoms with E-state index in [0.717, 1.165) is 32.5 Å².